The SMILES string of the molecule is CCCOc1cccc(NC(=O)CNc2ccc(OCc3ccccc3)cc2)c1. The van der Waals surface area contributed by atoms with Crippen LogP contribution in [-0.2, 0) is 11.4 Å². The number of rotatable bonds is 10. The van der Waals surface area contributed by atoms with E-state index in [1.807, 2.05) is 78.9 Å². The summed E-state index contributed by atoms with van der Waals surface area (Å²) in [4.78, 5) is 12.2. The van der Waals surface area contributed by atoms with Crippen molar-refractivity contribution >= 4 is 17.3 Å². The fraction of sp³-hybridized carbons (Fsp3) is 0.208. The molecule has 3 rings (SSSR count). The first-order valence-corrected chi connectivity index (χ1v) is 9.76. The number of ether oxygens (including phenoxy) is 2. The van der Waals surface area contributed by atoms with Crippen molar-refractivity contribution in [3.63, 3.8) is 0 Å². The first-order chi connectivity index (χ1) is 14.2. The molecule has 150 valence electrons. The quantitative estimate of drug-likeness (QED) is 0.505. The molecule has 1 amide bonds. The second kappa shape index (κ2) is 10.8. The van der Waals surface area contributed by atoms with E-state index < -0.39 is 0 Å². The van der Waals surface area contributed by atoms with Gasteiger partial charge in [0, 0.05) is 17.4 Å². The van der Waals surface area contributed by atoms with Crippen LogP contribution in [0.4, 0.5) is 11.4 Å². The minimum Gasteiger partial charge on any atom is -0.494 e. The number of nitrogens with one attached hydrogen (secondary N) is 2. The standard InChI is InChI=1S/C24H26N2O3/c1-2-15-28-23-10-6-9-21(16-23)26-24(27)17-25-20-11-13-22(14-12-20)29-18-19-7-4-3-5-8-19/h3-14,16,25H,2,15,17-18H2,1H3,(H,26,27). The Labute approximate surface area is 171 Å². The molecule has 0 aliphatic rings. The van der Waals surface area contributed by atoms with Crippen molar-refractivity contribution in [1.82, 2.24) is 0 Å². The van der Waals surface area contributed by atoms with Crippen LogP contribution < -0.4 is 20.1 Å². The van der Waals surface area contributed by atoms with Gasteiger partial charge in [0.2, 0.25) is 5.91 Å². The normalized spacial score (nSPS) is 10.2. The average molecular weight is 390 g/mol. The number of amides is 1. The van der Waals surface area contributed by atoms with Gasteiger partial charge in [0.1, 0.15) is 18.1 Å². The molecular formula is C24H26N2O3. The first-order valence-electron chi connectivity index (χ1n) is 9.76. The summed E-state index contributed by atoms with van der Waals surface area (Å²) in [6.45, 7) is 3.41. The largest absolute Gasteiger partial charge is 0.494 e. The zero-order valence-corrected chi connectivity index (χ0v) is 16.6. The molecule has 29 heavy (non-hydrogen) atoms. The summed E-state index contributed by atoms with van der Waals surface area (Å²) in [6.07, 6.45) is 0.941. The summed E-state index contributed by atoms with van der Waals surface area (Å²) in [5, 5.41) is 5.99. The molecule has 0 fully saturated rings. The summed E-state index contributed by atoms with van der Waals surface area (Å²) in [5.41, 5.74) is 2.69. The van der Waals surface area contributed by atoms with E-state index in [9.17, 15) is 4.79 Å². The molecule has 0 spiro atoms. The summed E-state index contributed by atoms with van der Waals surface area (Å²) in [7, 11) is 0. The van der Waals surface area contributed by atoms with Gasteiger partial charge in [0.15, 0.2) is 0 Å². The minimum atomic E-state index is -0.123. The van der Waals surface area contributed by atoms with Crippen molar-refractivity contribution < 1.29 is 14.3 Å². The van der Waals surface area contributed by atoms with Gasteiger partial charge < -0.3 is 20.1 Å². The molecule has 0 aliphatic heterocycles. The topological polar surface area (TPSA) is 59.6 Å². The van der Waals surface area contributed by atoms with Crippen LogP contribution in [0.15, 0.2) is 78.9 Å². The Balaban J connectivity index is 1.44. The third-order valence-electron chi connectivity index (χ3n) is 4.15. The number of hydrogen-bond acceptors (Lipinski definition) is 4. The summed E-state index contributed by atoms with van der Waals surface area (Å²) in [5.74, 6) is 1.42. The Morgan fingerprint density at radius 2 is 1.62 bits per heavy atom. The molecule has 0 heterocycles. The van der Waals surface area contributed by atoms with Gasteiger partial charge in [0.25, 0.3) is 0 Å². The van der Waals surface area contributed by atoms with E-state index in [-0.39, 0.29) is 12.5 Å². The second-order valence-corrected chi connectivity index (χ2v) is 6.58. The lowest BCUT2D eigenvalue weighted by atomic mass is 10.2. The van der Waals surface area contributed by atoms with Crippen LogP contribution in [0.25, 0.3) is 0 Å². The van der Waals surface area contributed by atoms with E-state index in [0.29, 0.717) is 13.2 Å². The van der Waals surface area contributed by atoms with Crippen molar-refractivity contribution in [2.75, 3.05) is 23.8 Å². The molecule has 2 N–H and O–H groups in total. The first kappa shape index (κ1) is 20.3. The lowest BCUT2D eigenvalue weighted by Gasteiger charge is -2.11. The fourth-order valence-corrected chi connectivity index (χ4v) is 2.68. The van der Waals surface area contributed by atoms with Gasteiger partial charge in [-0.2, -0.15) is 0 Å². The van der Waals surface area contributed by atoms with Crippen LogP contribution in [0, 0.1) is 0 Å². The van der Waals surface area contributed by atoms with E-state index >= 15 is 0 Å². The zero-order chi connectivity index (χ0) is 20.3. The molecule has 3 aromatic carbocycles. The Hall–Kier alpha value is -3.47. The second-order valence-electron chi connectivity index (χ2n) is 6.58. The lowest BCUT2D eigenvalue weighted by Crippen LogP contribution is -2.21. The molecule has 0 saturated carbocycles. The van der Waals surface area contributed by atoms with Crippen molar-refractivity contribution in [3.05, 3.63) is 84.4 Å². The maximum Gasteiger partial charge on any atom is 0.243 e. The van der Waals surface area contributed by atoms with Crippen molar-refractivity contribution in [1.29, 1.82) is 0 Å². The summed E-state index contributed by atoms with van der Waals surface area (Å²) < 4.78 is 11.4. The highest BCUT2D eigenvalue weighted by molar-refractivity contribution is 5.93. The number of hydrogen-bond donors (Lipinski definition) is 2. The Bertz CT molecular complexity index is 896. The smallest absolute Gasteiger partial charge is 0.243 e. The van der Waals surface area contributed by atoms with Crippen LogP contribution in [0.5, 0.6) is 11.5 Å². The molecule has 0 saturated heterocycles. The number of carbonyl (C=O) groups is 1. The van der Waals surface area contributed by atoms with Crippen LogP contribution in [-0.4, -0.2) is 19.1 Å². The van der Waals surface area contributed by atoms with E-state index in [2.05, 4.69) is 17.6 Å². The van der Waals surface area contributed by atoms with Crippen LogP contribution >= 0.6 is 0 Å². The molecular weight excluding hydrogens is 364 g/mol. The van der Waals surface area contributed by atoms with Crippen molar-refractivity contribution in [2.45, 2.75) is 20.0 Å². The molecule has 0 bridgehead atoms. The molecule has 5 heteroatoms. The van der Waals surface area contributed by atoms with Gasteiger partial charge in [-0.05, 0) is 48.4 Å². The number of benzene rings is 3. The molecule has 0 aliphatic carbocycles. The van der Waals surface area contributed by atoms with Gasteiger partial charge in [-0.3, -0.25) is 4.79 Å². The summed E-state index contributed by atoms with van der Waals surface area (Å²) >= 11 is 0. The fourth-order valence-electron chi connectivity index (χ4n) is 2.68. The maximum absolute atomic E-state index is 12.2. The Morgan fingerprint density at radius 1 is 0.828 bits per heavy atom. The molecule has 0 unspecified atom stereocenters. The minimum absolute atomic E-state index is 0.123. The van der Waals surface area contributed by atoms with Crippen LogP contribution in [0.2, 0.25) is 0 Å². The van der Waals surface area contributed by atoms with E-state index in [1.54, 1.807) is 0 Å². The van der Waals surface area contributed by atoms with Crippen LogP contribution in [0.3, 0.4) is 0 Å². The van der Waals surface area contributed by atoms with Crippen LogP contribution in [0.1, 0.15) is 18.9 Å². The highest BCUT2D eigenvalue weighted by atomic mass is 16.5. The maximum atomic E-state index is 12.2. The molecule has 0 aromatic heterocycles. The lowest BCUT2D eigenvalue weighted by molar-refractivity contribution is -0.114. The van der Waals surface area contributed by atoms with Crippen molar-refractivity contribution in [3.8, 4) is 11.5 Å². The van der Waals surface area contributed by atoms with Gasteiger partial charge >= 0.3 is 0 Å². The van der Waals surface area contributed by atoms with E-state index in [0.717, 1.165) is 34.9 Å². The van der Waals surface area contributed by atoms with E-state index in [4.69, 9.17) is 9.47 Å². The zero-order valence-electron chi connectivity index (χ0n) is 16.6. The Kier molecular flexibility index (Phi) is 7.52. The third-order valence-corrected chi connectivity index (χ3v) is 4.15. The predicted molar refractivity (Wildman–Crippen MR) is 117 cm³/mol. The molecule has 5 nitrogen and oxygen atoms in total. The van der Waals surface area contributed by atoms with Gasteiger partial charge in [-0.1, -0.05) is 43.3 Å². The van der Waals surface area contributed by atoms with Gasteiger partial charge in [-0.15, -0.1) is 0 Å². The predicted octanol–water partition coefficient (Wildman–Crippen LogP) is 5.11. The van der Waals surface area contributed by atoms with Gasteiger partial charge in [0.05, 0.1) is 13.2 Å². The third kappa shape index (κ3) is 6.88. The monoisotopic (exact) mass is 390 g/mol. The molecule has 0 radical (unpaired) electrons. The molecule has 3 aromatic rings. The molecule has 0 atom stereocenters. The average Bonchev–Trinajstić information content (AvgIpc) is 2.76. The van der Waals surface area contributed by atoms with E-state index in [1.165, 1.54) is 0 Å². The highest BCUT2D eigenvalue weighted by Gasteiger charge is 2.04. The highest BCUT2D eigenvalue weighted by Crippen LogP contribution is 2.19. The number of anilines is 2. The Morgan fingerprint density at radius 3 is 2.38 bits per heavy atom. The van der Waals surface area contributed by atoms with Gasteiger partial charge in [-0.25, -0.2) is 0 Å². The van der Waals surface area contributed by atoms with Crippen molar-refractivity contribution in [2.24, 2.45) is 0 Å². The number of carbonyl (C=O) groups excluding carboxylic acids is 1. The summed E-state index contributed by atoms with van der Waals surface area (Å²) in [6, 6.07) is 25.0.